The molecule has 0 saturated carbocycles. The summed E-state index contributed by atoms with van der Waals surface area (Å²) >= 11 is 0. The molecular weight excluding hydrogens is 1070 g/mol. The first-order valence-corrected chi connectivity index (χ1v) is 35.0. The van der Waals surface area contributed by atoms with Gasteiger partial charge in [0, 0.05) is 25.7 Å². The zero-order valence-corrected chi connectivity index (χ0v) is 53.2. The first kappa shape index (κ1) is 78.1. The van der Waals surface area contributed by atoms with Gasteiger partial charge >= 0.3 is 39.5 Å². The number of hydrogen-bond acceptors (Lipinski definition) is 15. The number of carbonyl (C=O) groups is 4. The molecule has 0 aromatic carbocycles. The maximum atomic E-state index is 12.9. The van der Waals surface area contributed by atoms with Crippen LogP contribution in [0.5, 0.6) is 0 Å². The lowest BCUT2D eigenvalue weighted by Gasteiger charge is -2.21. The van der Waals surface area contributed by atoms with Gasteiger partial charge in [-0.2, -0.15) is 0 Å². The number of aliphatic hydroxyl groups excluding tert-OH is 1. The number of hydrogen-bond donors (Lipinski definition) is 3. The van der Waals surface area contributed by atoms with E-state index in [0.29, 0.717) is 31.6 Å². The van der Waals surface area contributed by atoms with Crippen LogP contribution in [0.25, 0.3) is 0 Å². The highest BCUT2D eigenvalue weighted by Crippen LogP contribution is 2.45. The zero-order chi connectivity index (χ0) is 59.4. The molecule has 0 aliphatic carbocycles. The van der Waals surface area contributed by atoms with Crippen LogP contribution in [0, 0.1) is 11.8 Å². The standard InChI is InChI=1S/C61H118O17P2/c1-7-9-11-13-15-16-17-18-21-25-32-38-44-59(64)72-50-56(77-60(65)45-39-33-26-22-19-20-24-29-35-41-53(3)4)51-75-79(67,68)73-47-55(62)48-74-80(69,70)76-52-57(49-71-58(63)43-37-31-23-14-12-10-8-2)78-61(66)46-40-34-28-27-30-36-42-54(5)6/h53-57,62H,7-52H2,1-6H3,(H,67,68)(H,69,70)/t55-,56-,57-/m1/s1. The summed E-state index contributed by atoms with van der Waals surface area (Å²) in [6, 6.07) is 0. The second-order valence-corrected chi connectivity index (χ2v) is 25.9. The molecule has 80 heavy (non-hydrogen) atoms. The Balaban J connectivity index is 5.22. The molecule has 3 N–H and O–H groups in total. The maximum Gasteiger partial charge on any atom is 0.472 e. The van der Waals surface area contributed by atoms with Crippen molar-refractivity contribution in [2.45, 2.75) is 317 Å². The Bertz CT molecular complexity index is 1580. The highest BCUT2D eigenvalue weighted by molar-refractivity contribution is 7.47. The number of carbonyl (C=O) groups excluding carboxylic acids is 4. The second kappa shape index (κ2) is 53.8. The number of ether oxygens (including phenoxy) is 4. The first-order chi connectivity index (χ1) is 38.4. The molecule has 0 saturated heterocycles. The summed E-state index contributed by atoms with van der Waals surface area (Å²) in [6.45, 7) is 9.31. The molecule has 17 nitrogen and oxygen atoms in total. The van der Waals surface area contributed by atoms with E-state index in [-0.39, 0.29) is 25.7 Å². The highest BCUT2D eigenvalue weighted by Gasteiger charge is 2.30. The minimum atomic E-state index is -4.94. The normalized spacial score (nSPS) is 14.4. The van der Waals surface area contributed by atoms with Crippen LogP contribution in [-0.4, -0.2) is 96.7 Å². The van der Waals surface area contributed by atoms with Crippen molar-refractivity contribution in [3.63, 3.8) is 0 Å². The van der Waals surface area contributed by atoms with E-state index in [9.17, 15) is 43.2 Å². The molecule has 0 fully saturated rings. The van der Waals surface area contributed by atoms with Crippen molar-refractivity contribution >= 4 is 39.5 Å². The number of esters is 4. The smallest absolute Gasteiger partial charge is 0.462 e. The van der Waals surface area contributed by atoms with Crippen molar-refractivity contribution in [2.75, 3.05) is 39.6 Å². The summed E-state index contributed by atoms with van der Waals surface area (Å²) in [5, 5.41) is 10.5. The monoisotopic (exact) mass is 1180 g/mol. The lowest BCUT2D eigenvalue weighted by molar-refractivity contribution is -0.161. The predicted molar refractivity (Wildman–Crippen MR) is 317 cm³/mol. The van der Waals surface area contributed by atoms with E-state index in [4.69, 9.17) is 37.0 Å². The number of phosphoric ester groups is 2. The van der Waals surface area contributed by atoms with Crippen LogP contribution in [-0.2, 0) is 65.4 Å². The van der Waals surface area contributed by atoms with Crippen molar-refractivity contribution in [2.24, 2.45) is 11.8 Å². The molecule has 19 heteroatoms. The van der Waals surface area contributed by atoms with Gasteiger partial charge in [0.05, 0.1) is 26.4 Å². The van der Waals surface area contributed by atoms with Gasteiger partial charge < -0.3 is 33.8 Å². The van der Waals surface area contributed by atoms with Crippen LogP contribution in [0.2, 0.25) is 0 Å². The molecule has 5 atom stereocenters. The van der Waals surface area contributed by atoms with E-state index < -0.39 is 97.5 Å². The number of aliphatic hydroxyl groups is 1. The van der Waals surface area contributed by atoms with E-state index in [2.05, 4.69) is 41.5 Å². The van der Waals surface area contributed by atoms with Crippen LogP contribution < -0.4 is 0 Å². The highest BCUT2D eigenvalue weighted by atomic mass is 31.2. The molecule has 0 aromatic heterocycles. The maximum absolute atomic E-state index is 12.9. The lowest BCUT2D eigenvalue weighted by atomic mass is 10.0. The largest absolute Gasteiger partial charge is 0.472 e. The summed E-state index contributed by atoms with van der Waals surface area (Å²) in [4.78, 5) is 71.9. The van der Waals surface area contributed by atoms with Gasteiger partial charge in [-0.05, 0) is 37.5 Å². The minimum Gasteiger partial charge on any atom is -0.462 e. The van der Waals surface area contributed by atoms with E-state index in [1.54, 1.807) is 0 Å². The molecule has 0 aliphatic rings. The van der Waals surface area contributed by atoms with Gasteiger partial charge in [-0.15, -0.1) is 0 Å². The van der Waals surface area contributed by atoms with Crippen LogP contribution in [0.3, 0.4) is 0 Å². The minimum absolute atomic E-state index is 0.101. The fraction of sp³-hybridized carbons (Fsp3) is 0.934. The number of phosphoric acid groups is 2. The van der Waals surface area contributed by atoms with Gasteiger partial charge in [0.1, 0.15) is 19.3 Å². The van der Waals surface area contributed by atoms with Crippen molar-refractivity contribution in [1.29, 1.82) is 0 Å². The van der Waals surface area contributed by atoms with Crippen LogP contribution in [0.4, 0.5) is 0 Å². The fourth-order valence-corrected chi connectivity index (χ4v) is 10.6. The molecule has 474 valence electrons. The third-order valence-electron chi connectivity index (χ3n) is 14.0. The van der Waals surface area contributed by atoms with Crippen LogP contribution in [0.1, 0.15) is 298 Å². The Morgan fingerprint density at radius 1 is 0.338 bits per heavy atom. The van der Waals surface area contributed by atoms with Gasteiger partial charge in [-0.1, -0.05) is 247 Å². The van der Waals surface area contributed by atoms with Gasteiger partial charge in [0.25, 0.3) is 0 Å². The quantitative estimate of drug-likeness (QED) is 0.0222. The zero-order valence-electron chi connectivity index (χ0n) is 51.4. The second-order valence-electron chi connectivity index (χ2n) is 23.0. The van der Waals surface area contributed by atoms with Crippen LogP contribution >= 0.6 is 15.6 Å². The average molecular weight is 1190 g/mol. The number of rotatable bonds is 60. The molecule has 0 aliphatic heterocycles. The van der Waals surface area contributed by atoms with Crippen LogP contribution in [0.15, 0.2) is 0 Å². The predicted octanol–water partition coefficient (Wildman–Crippen LogP) is 16.5. The SMILES string of the molecule is CCCCCCCCCCCCCCC(=O)OC[C@H](COP(=O)(O)OC[C@@H](O)COP(=O)(O)OC[C@@H](COC(=O)CCCCCCCCC)OC(=O)CCCCCCCCC(C)C)OC(=O)CCCCCCCCCCCC(C)C. The van der Waals surface area contributed by atoms with Gasteiger partial charge in [0.2, 0.25) is 0 Å². The topological polar surface area (TPSA) is 237 Å². The Hall–Kier alpha value is -1.94. The van der Waals surface area contributed by atoms with Gasteiger partial charge in [-0.25, -0.2) is 9.13 Å². The van der Waals surface area contributed by atoms with E-state index in [1.807, 2.05) is 0 Å². The summed E-state index contributed by atoms with van der Waals surface area (Å²) in [7, 11) is -9.88. The summed E-state index contributed by atoms with van der Waals surface area (Å²) in [5.41, 5.74) is 0. The van der Waals surface area contributed by atoms with Gasteiger partial charge in [-0.3, -0.25) is 37.3 Å². The summed E-state index contributed by atoms with van der Waals surface area (Å²) in [6.07, 6.45) is 35.1. The molecule has 0 aromatic rings. The van der Waals surface area contributed by atoms with Gasteiger partial charge in [0.15, 0.2) is 12.2 Å². The Kier molecular flexibility index (Phi) is 52.5. The first-order valence-electron chi connectivity index (χ1n) is 32.0. The average Bonchev–Trinajstić information content (AvgIpc) is 3.41. The molecular formula is C61H118O17P2. The fourth-order valence-electron chi connectivity index (χ4n) is 9.00. The number of unbranched alkanes of at least 4 members (excludes halogenated alkanes) is 30. The molecule has 0 radical (unpaired) electrons. The Morgan fingerprint density at radius 2 is 0.575 bits per heavy atom. The third kappa shape index (κ3) is 55.3. The van der Waals surface area contributed by atoms with E-state index in [1.165, 1.54) is 103 Å². The van der Waals surface area contributed by atoms with Crippen molar-refractivity contribution in [1.82, 2.24) is 0 Å². The molecule has 0 spiro atoms. The molecule has 0 amide bonds. The van der Waals surface area contributed by atoms with Crippen molar-refractivity contribution < 1.29 is 80.2 Å². The van der Waals surface area contributed by atoms with E-state index in [0.717, 1.165) is 109 Å². The van der Waals surface area contributed by atoms with Crippen molar-refractivity contribution in [3.05, 3.63) is 0 Å². The van der Waals surface area contributed by atoms with E-state index >= 15 is 0 Å². The third-order valence-corrected chi connectivity index (χ3v) is 15.9. The lowest BCUT2D eigenvalue weighted by Crippen LogP contribution is -2.30. The molecule has 0 heterocycles. The molecule has 2 unspecified atom stereocenters. The Labute approximate surface area is 486 Å². The summed E-state index contributed by atoms with van der Waals surface area (Å²) in [5.74, 6) is -0.740. The molecule has 0 rings (SSSR count). The Morgan fingerprint density at radius 3 is 0.850 bits per heavy atom. The summed E-state index contributed by atoms with van der Waals surface area (Å²) < 4.78 is 67.7. The van der Waals surface area contributed by atoms with Crippen molar-refractivity contribution in [3.8, 4) is 0 Å². The molecule has 0 bridgehead atoms.